The lowest BCUT2D eigenvalue weighted by molar-refractivity contribution is 0.117. The molecule has 0 amide bonds. The molecule has 12 heavy (non-hydrogen) atoms. The second kappa shape index (κ2) is 4.28. The third-order valence-corrected chi connectivity index (χ3v) is 1.71. The lowest BCUT2D eigenvalue weighted by Crippen LogP contribution is -1.95. The van der Waals surface area contributed by atoms with Crippen LogP contribution in [0.15, 0.2) is 10.5 Å². The van der Waals surface area contributed by atoms with Crippen LogP contribution in [0, 0.1) is 6.92 Å². The standard InChI is InChI=1S/C9H15NO2/c1-3-11-6-8-4-7(2)9(5-10)12-8/h4H,3,5-6,10H2,1-2H3. The molecule has 68 valence electrons. The third kappa shape index (κ3) is 2.09. The van der Waals surface area contributed by atoms with Gasteiger partial charge < -0.3 is 14.9 Å². The van der Waals surface area contributed by atoms with Crippen molar-refractivity contribution in [3.05, 3.63) is 23.2 Å². The van der Waals surface area contributed by atoms with Gasteiger partial charge in [-0.15, -0.1) is 0 Å². The molecule has 3 heteroatoms. The lowest BCUT2D eigenvalue weighted by atomic mass is 10.3. The third-order valence-electron chi connectivity index (χ3n) is 1.71. The zero-order valence-electron chi connectivity index (χ0n) is 7.59. The molecule has 0 radical (unpaired) electrons. The van der Waals surface area contributed by atoms with E-state index in [9.17, 15) is 0 Å². The van der Waals surface area contributed by atoms with Crippen molar-refractivity contribution < 1.29 is 9.15 Å². The molecule has 3 nitrogen and oxygen atoms in total. The number of hydrogen-bond acceptors (Lipinski definition) is 3. The van der Waals surface area contributed by atoms with E-state index >= 15 is 0 Å². The van der Waals surface area contributed by atoms with Crippen LogP contribution in [-0.4, -0.2) is 6.61 Å². The van der Waals surface area contributed by atoms with Gasteiger partial charge in [0.2, 0.25) is 0 Å². The number of aryl methyl sites for hydroxylation is 1. The van der Waals surface area contributed by atoms with Gasteiger partial charge in [0, 0.05) is 6.61 Å². The Kier molecular flexibility index (Phi) is 3.31. The van der Waals surface area contributed by atoms with Crippen LogP contribution in [0.1, 0.15) is 24.0 Å². The maximum atomic E-state index is 5.46. The van der Waals surface area contributed by atoms with Gasteiger partial charge in [0.15, 0.2) is 0 Å². The van der Waals surface area contributed by atoms with E-state index in [-0.39, 0.29) is 0 Å². The first-order valence-electron chi connectivity index (χ1n) is 4.14. The monoisotopic (exact) mass is 169 g/mol. The van der Waals surface area contributed by atoms with Crippen molar-refractivity contribution in [3.8, 4) is 0 Å². The molecule has 0 aliphatic carbocycles. The van der Waals surface area contributed by atoms with E-state index in [0.717, 1.165) is 17.1 Å². The Morgan fingerprint density at radius 3 is 2.83 bits per heavy atom. The number of ether oxygens (including phenoxy) is 1. The molecular weight excluding hydrogens is 154 g/mol. The summed E-state index contributed by atoms with van der Waals surface area (Å²) in [5, 5.41) is 0. The molecule has 1 aromatic heterocycles. The van der Waals surface area contributed by atoms with E-state index in [2.05, 4.69) is 0 Å². The predicted octanol–water partition coefficient (Wildman–Crippen LogP) is 1.58. The fraction of sp³-hybridized carbons (Fsp3) is 0.556. The van der Waals surface area contributed by atoms with Gasteiger partial charge in [0.05, 0.1) is 6.54 Å². The van der Waals surface area contributed by atoms with E-state index in [4.69, 9.17) is 14.9 Å². The highest BCUT2D eigenvalue weighted by atomic mass is 16.5. The van der Waals surface area contributed by atoms with Gasteiger partial charge >= 0.3 is 0 Å². The molecular formula is C9H15NO2. The molecule has 0 saturated heterocycles. The minimum Gasteiger partial charge on any atom is -0.462 e. The Labute approximate surface area is 72.5 Å². The number of furan rings is 1. The molecule has 1 heterocycles. The molecule has 0 saturated carbocycles. The first-order valence-corrected chi connectivity index (χ1v) is 4.14. The van der Waals surface area contributed by atoms with Crippen LogP contribution in [0.4, 0.5) is 0 Å². The van der Waals surface area contributed by atoms with Gasteiger partial charge in [-0.2, -0.15) is 0 Å². The Bertz CT molecular complexity index is 243. The van der Waals surface area contributed by atoms with Gasteiger partial charge in [-0.05, 0) is 25.5 Å². The van der Waals surface area contributed by atoms with Gasteiger partial charge in [-0.25, -0.2) is 0 Å². The van der Waals surface area contributed by atoms with Gasteiger partial charge in [0.25, 0.3) is 0 Å². The summed E-state index contributed by atoms with van der Waals surface area (Å²) in [5.74, 6) is 1.71. The quantitative estimate of drug-likeness (QED) is 0.744. The zero-order chi connectivity index (χ0) is 8.97. The minimum atomic E-state index is 0.456. The maximum absolute atomic E-state index is 5.46. The summed E-state index contributed by atoms with van der Waals surface area (Å²) in [6.45, 7) is 5.65. The normalized spacial score (nSPS) is 10.6. The number of hydrogen-bond donors (Lipinski definition) is 1. The summed E-state index contributed by atoms with van der Waals surface area (Å²) in [5.41, 5.74) is 6.56. The first-order chi connectivity index (χ1) is 5.77. The summed E-state index contributed by atoms with van der Waals surface area (Å²) >= 11 is 0. The lowest BCUT2D eigenvalue weighted by Gasteiger charge is -1.95. The van der Waals surface area contributed by atoms with Crippen molar-refractivity contribution in [1.82, 2.24) is 0 Å². The molecule has 0 aliphatic heterocycles. The summed E-state index contributed by atoms with van der Waals surface area (Å²) in [7, 11) is 0. The van der Waals surface area contributed by atoms with Crippen molar-refractivity contribution in [3.63, 3.8) is 0 Å². The topological polar surface area (TPSA) is 48.4 Å². The Hall–Kier alpha value is -0.800. The van der Waals surface area contributed by atoms with Crippen molar-refractivity contribution in [1.29, 1.82) is 0 Å². The molecule has 1 rings (SSSR count). The van der Waals surface area contributed by atoms with Crippen LogP contribution in [0.5, 0.6) is 0 Å². The van der Waals surface area contributed by atoms with Crippen LogP contribution < -0.4 is 5.73 Å². The summed E-state index contributed by atoms with van der Waals surface area (Å²) in [6, 6.07) is 1.97. The molecule has 0 atom stereocenters. The molecule has 0 bridgehead atoms. The largest absolute Gasteiger partial charge is 0.462 e. The second-order valence-corrected chi connectivity index (χ2v) is 2.66. The first kappa shape index (κ1) is 9.29. The Morgan fingerprint density at radius 1 is 1.58 bits per heavy atom. The smallest absolute Gasteiger partial charge is 0.130 e. The van der Waals surface area contributed by atoms with Crippen LogP contribution in [0.3, 0.4) is 0 Å². The van der Waals surface area contributed by atoms with E-state index < -0.39 is 0 Å². The van der Waals surface area contributed by atoms with Gasteiger partial charge in [0.1, 0.15) is 18.1 Å². The minimum absolute atomic E-state index is 0.456. The van der Waals surface area contributed by atoms with Crippen LogP contribution >= 0.6 is 0 Å². The average Bonchev–Trinajstić information content (AvgIpc) is 2.43. The molecule has 0 aliphatic rings. The van der Waals surface area contributed by atoms with Crippen LogP contribution in [-0.2, 0) is 17.9 Å². The SMILES string of the molecule is CCOCc1cc(C)c(CN)o1. The number of nitrogens with two attached hydrogens (primary N) is 1. The van der Waals surface area contributed by atoms with Crippen LogP contribution in [0.25, 0.3) is 0 Å². The Balaban J connectivity index is 2.62. The van der Waals surface area contributed by atoms with Crippen molar-refractivity contribution in [2.24, 2.45) is 5.73 Å². The van der Waals surface area contributed by atoms with Crippen molar-refractivity contribution in [2.45, 2.75) is 27.0 Å². The molecule has 0 unspecified atom stereocenters. The summed E-state index contributed by atoms with van der Waals surface area (Å²) in [4.78, 5) is 0. The predicted molar refractivity (Wildman–Crippen MR) is 46.7 cm³/mol. The highest BCUT2D eigenvalue weighted by Crippen LogP contribution is 2.14. The highest BCUT2D eigenvalue weighted by molar-refractivity contribution is 5.19. The van der Waals surface area contributed by atoms with Gasteiger partial charge in [-0.1, -0.05) is 0 Å². The van der Waals surface area contributed by atoms with Crippen molar-refractivity contribution >= 4 is 0 Å². The fourth-order valence-corrected chi connectivity index (χ4v) is 1.07. The number of rotatable bonds is 4. The summed E-state index contributed by atoms with van der Waals surface area (Å²) < 4.78 is 10.6. The zero-order valence-corrected chi connectivity index (χ0v) is 7.59. The molecule has 0 aromatic carbocycles. The fourth-order valence-electron chi connectivity index (χ4n) is 1.07. The Morgan fingerprint density at radius 2 is 2.33 bits per heavy atom. The maximum Gasteiger partial charge on any atom is 0.130 e. The van der Waals surface area contributed by atoms with E-state index in [1.807, 2.05) is 19.9 Å². The average molecular weight is 169 g/mol. The molecule has 2 N–H and O–H groups in total. The summed E-state index contributed by atoms with van der Waals surface area (Å²) in [6.07, 6.45) is 0. The van der Waals surface area contributed by atoms with E-state index in [0.29, 0.717) is 19.8 Å². The molecule has 0 spiro atoms. The van der Waals surface area contributed by atoms with Crippen molar-refractivity contribution in [2.75, 3.05) is 6.61 Å². The van der Waals surface area contributed by atoms with Gasteiger partial charge in [-0.3, -0.25) is 0 Å². The molecule has 1 aromatic rings. The van der Waals surface area contributed by atoms with E-state index in [1.54, 1.807) is 0 Å². The van der Waals surface area contributed by atoms with Crippen LogP contribution in [0.2, 0.25) is 0 Å². The highest BCUT2D eigenvalue weighted by Gasteiger charge is 2.04. The van der Waals surface area contributed by atoms with E-state index in [1.165, 1.54) is 0 Å². The molecule has 0 fully saturated rings. The second-order valence-electron chi connectivity index (χ2n) is 2.66.